The summed E-state index contributed by atoms with van der Waals surface area (Å²) in [5, 5.41) is 12.4. The number of carbonyl (C=O) groups is 3. The molecule has 0 amide bonds. The van der Waals surface area contributed by atoms with Gasteiger partial charge in [0.1, 0.15) is 6.04 Å². The summed E-state index contributed by atoms with van der Waals surface area (Å²) in [6.07, 6.45) is 1.05. The van der Waals surface area contributed by atoms with Crippen molar-refractivity contribution < 1.29 is 32.7 Å². The summed E-state index contributed by atoms with van der Waals surface area (Å²) in [4.78, 5) is 42.0. The second-order valence-electron chi connectivity index (χ2n) is 12.4. The van der Waals surface area contributed by atoms with Crippen molar-refractivity contribution in [1.82, 2.24) is 5.32 Å². The third kappa shape index (κ3) is 9.46. The summed E-state index contributed by atoms with van der Waals surface area (Å²) in [6.45, 7) is 3.41. The zero-order chi connectivity index (χ0) is 32.7. The van der Waals surface area contributed by atoms with Crippen LogP contribution in [0.1, 0.15) is 88.3 Å². The molecule has 2 aromatic rings. The first-order valence-electron chi connectivity index (χ1n) is 15.8. The molecule has 0 aromatic heterocycles. The highest BCUT2D eigenvalue weighted by molar-refractivity contribution is 6.38. The van der Waals surface area contributed by atoms with Crippen LogP contribution in [0.25, 0.3) is 0 Å². The number of halogens is 5. The number of anilines is 1. The molecular formula is C34H41Cl2F3N2O4. The van der Waals surface area contributed by atoms with Crippen molar-refractivity contribution in [3.63, 3.8) is 0 Å². The highest BCUT2D eigenvalue weighted by atomic mass is 35.5. The molecule has 0 spiro atoms. The minimum atomic E-state index is -4.76. The Bertz CT molecular complexity index is 1340. The number of hydrogen-bond donors (Lipinski definition) is 2. The van der Waals surface area contributed by atoms with Gasteiger partial charge in [0.15, 0.2) is 17.3 Å². The molecule has 0 unspecified atom stereocenters. The van der Waals surface area contributed by atoms with Crippen LogP contribution in [0.2, 0.25) is 10.0 Å². The SMILES string of the molecule is CCCCC(=O)C(=O)[C@@H](CC(=O)[C@H](Cc1cc(Cl)c(O)c(Cl)c1)N[C@@H](c1cccc(N2CCCC2)c1)C(F)(F)F)CC1CCC1. The van der Waals surface area contributed by atoms with E-state index in [-0.39, 0.29) is 46.5 Å². The van der Waals surface area contributed by atoms with E-state index in [0.29, 0.717) is 24.1 Å². The Labute approximate surface area is 272 Å². The van der Waals surface area contributed by atoms with Crippen LogP contribution in [0.5, 0.6) is 5.75 Å². The minimum absolute atomic E-state index is 0.0386. The van der Waals surface area contributed by atoms with Crippen molar-refractivity contribution in [3.05, 3.63) is 57.6 Å². The standard InChI is InChI=1S/C34H41Cl2F3N2O4/c1-2-3-12-29(42)31(44)24(15-21-8-6-9-21)20-30(43)28(18-22-16-26(35)32(45)27(36)17-22)40-33(34(37,38)39)23-10-7-11-25(19-23)41-13-4-5-14-41/h7,10-11,16-17,19,21,24,28,33,40,45H,2-6,8-9,12-15,18,20H2,1H3/t24-,28+,33+/m1/s1. The number of carbonyl (C=O) groups excluding carboxylic acids is 3. The molecule has 2 fully saturated rings. The largest absolute Gasteiger partial charge is 0.505 e. The van der Waals surface area contributed by atoms with E-state index in [4.69, 9.17) is 23.2 Å². The normalized spacial score (nSPS) is 17.5. The van der Waals surface area contributed by atoms with Crippen molar-refractivity contribution in [2.45, 2.75) is 95.8 Å². The Morgan fingerprint density at radius 1 is 1.04 bits per heavy atom. The van der Waals surface area contributed by atoms with Crippen LogP contribution in [-0.4, -0.2) is 47.8 Å². The molecule has 2 aromatic carbocycles. The van der Waals surface area contributed by atoms with Gasteiger partial charge in [-0.2, -0.15) is 13.2 Å². The van der Waals surface area contributed by atoms with Gasteiger partial charge in [0.05, 0.1) is 16.1 Å². The van der Waals surface area contributed by atoms with Gasteiger partial charge >= 0.3 is 6.18 Å². The number of Topliss-reactive ketones (excluding diaryl/α,β-unsaturated/α-hetero) is 3. The molecule has 45 heavy (non-hydrogen) atoms. The first-order chi connectivity index (χ1) is 21.4. The first kappa shape index (κ1) is 35.2. The van der Waals surface area contributed by atoms with E-state index < -0.39 is 41.5 Å². The van der Waals surface area contributed by atoms with Gasteiger partial charge in [-0.25, -0.2) is 0 Å². The maximum Gasteiger partial charge on any atom is 0.407 e. The van der Waals surface area contributed by atoms with Crippen molar-refractivity contribution in [3.8, 4) is 5.75 Å². The van der Waals surface area contributed by atoms with Crippen molar-refractivity contribution >= 4 is 46.2 Å². The minimum Gasteiger partial charge on any atom is -0.505 e. The fourth-order valence-corrected chi connectivity index (χ4v) is 6.71. The summed E-state index contributed by atoms with van der Waals surface area (Å²) in [6, 6.07) is 5.36. The fourth-order valence-electron chi connectivity index (χ4n) is 6.18. The molecule has 1 aliphatic carbocycles. The summed E-state index contributed by atoms with van der Waals surface area (Å²) in [5.41, 5.74) is 0.974. The monoisotopic (exact) mass is 668 g/mol. The second kappa shape index (κ2) is 15.8. The maximum atomic E-state index is 14.7. The number of phenols is 1. The Kier molecular flexibility index (Phi) is 12.4. The van der Waals surface area contributed by atoms with Crippen LogP contribution >= 0.6 is 23.2 Å². The molecular weight excluding hydrogens is 628 g/mol. The van der Waals surface area contributed by atoms with Gasteiger partial charge in [0.25, 0.3) is 0 Å². The molecule has 4 rings (SSSR count). The molecule has 0 radical (unpaired) electrons. The molecule has 2 aliphatic rings. The molecule has 3 atom stereocenters. The Morgan fingerprint density at radius 3 is 2.29 bits per heavy atom. The Balaban J connectivity index is 1.66. The van der Waals surface area contributed by atoms with E-state index in [1.807, 2.05) is 11.8 Å². The predicted molar refractivity (Wildman–Crippen MR) is 170 cm³/mol. The van der Waals surface area contributed by atoms with Crippen LogP contribution in [0.3, 0.4) is 0 Å². The van der Waals surface area contributed by atoms with Gasteiger partial charge in [-0.1, -0.05) is 67.9 Å². The van der Waals surface area contributed by atoms with Crippen LogP contribution in [-0.2, 0) is 20.8 Å². The second-order valence-corrected chi connectivity index (χ2v) is 13.2. The average molecular weight is 670 g/mol. The van der Waals surface area contributed by atoms with Crippen molar-refractivity contribution in [1.29, 1.82) is 0 Å². The average Bonchev–Trinajstić information content (AvgIpc) is 3.52. The fraction of sp³-hybridized carbons (Fsp3) is 0.559. The lowest BCUT2D eigenvalue weighted by molar-refractivity contribution is -0.160. The first-order valence-corrected chi connectivity index (χ1v) is 16.6. The lowest BCUT2D eigenvalue weighted by Crippen LogP contribution is -2.47. The molecule has 1 saturated heterocycles. The molecule has 1 saturated carbocycles. The van der Waals surface area contributed by atoms with Gasteiger partial charge in [0, 0.05) is 37.5 Å². The smallest absolute Gasteiger partial charge is 0.407 e. The van der Waals surface area contributed by atoms with Crippen LogP contribution in [0.4, 0.5) is 18.9 Å². The van der Waals surface area contributed by atoms with Crippen LogP contribution in [0, 0.1) is 11.8 Å². The summed E-state index contributed by atoms with van der Waals surface area (Å²) < 4.78 is 44.2. The van der Waals surface area contributed by atoms with Crippen molar-refractivity contribution in [2.24, 2.45) is 11.8 Å². The molecule has 2 N–H and O–H groups in total. The maximum absolute atomic E-state index is 14.7. The van der Waals surface area contributed by atoms with Gasteiger partial charge in [-0.3, -0.25) is 19.7 Å². The number of phenolic OH excluding ortho intramolecular Hbond substituents is 1. The third-order valence-electron chi connectivity index (χ3n) is 8.97. The van der Waals surface area contributed by atoms with Crippen LogP contribution in [0.15, 0.2) is 36.4 Å². The number of unbranched alkanes of at least 4 members (excludes halogenated alkanes) is 1. The molecule has 0 bridgehead atoms. The number of benzene rings is 2. The molecule has 246 valence electrons. The summed E-state index contributed by atoms with van der Waals surface area (Å²) in [7, 11) is 0. The number of alkyl halides is 3. The van der Waals surface area contributed by atoms with Gasteiger partial charge in [-0.05, 0) is 73.4 Å². The van der Waals surface area contributed by atoms with Crippen LogP contribution < -0.4 is 10.2 Å². The topological polar surface area (TPSA) is 86.7 Å². The van der Waals surface area contributed by atoms with Gasteiger partial charge < -0.3 is 10.0 Å². The van der Waals surface area contributed by atoms with E-state index in [1.54, 1.807) is 12.1 Å². The van der Waals surface area contributed by atoms with E-state index >= 15 is 0 Å². The quantitative estimate of drug-likeness (QED) is 0.175. The molecule has 1 heterocycles. The van der Waals surface area contributed by atoms with Gasteiger partial charge in [0.2, 0.25) is 5.78 Å². The highest BCUT2D eigenvalue weighted by Gasteiger charge is 2.44. The van der Waals surface area contributed by atoms with E-state index in [2.05, 4.69) is 5.32 Å². The van der Waals surface area contributed by atoms with Gasteiger partial charge in [-0.15, -0.1) is 0 Å². The predicted octanol–water partition coefficient (Wildman–Crippen LogP) is 8.20. The zero-order valence-electron chi connectivity index (χ0n) is 25.5. The zero-order valence-corrected chi connectivity index (χ0v) is 27.0. The number of aromatic hydroxyl groups is 1. The summed E-state index contributed by atoms with van der Waals surface area (Å²) >= 11 is 12.2. The number of ketones is 3. The van der Waals surface area contributed by atoms with Crippen molar-refractivity contribution in [2.75, 3.05) is 18.0 Å². The summed E-state index contributed by atoms with van der Waals surface area (Å²) in [5.74, 6) is -2.84. The Hall–Kier alpha value is -2.62. The molecule has 6 nitrogen and oxygen atoms in total. The van der Waals surface area contributed by atoms with E-state index in [0.717, 1.165) is 51.6 Å². The number of hydrogen-bond acceptors (Lipinski definition) is 6. The molecule has 1 aliphatic heterocycles. The third-order valence-corrected chi connectivity index (χ3v) is 9.54. The number of rotatable bonds is 16. The lowest BCUT2D eigenvalue weighted by Gasteiger charge is -2.31. The highest BCUT2D eigenvalue weighted by Crippen LogP contribution is 2.38. The van der Waals surface area contributed by atoms with E-state index in [9.17, 15) is 32.7 Å². The van der Waals surface area contributed by atoms with E-state index in [1.165, 1.54) is 24.3 Å². The lowest BCUT2D eigenvalue weighted by atomic mass is 9.75. The number of nitrogens with zero attached hydrogens (tertiary/aromatic N) is 1. The molecule has 11 heteroatoms. The Morgan fingerprint density at radius 2 is 1.71 bits per heavy atom. The number of nitrogens with one attached hydrogen (secondary N) is 1.